The molecule has 0 saturated heterocycles. The average molecular weight is 267 g/mol. The topological polar surface area (TPSA) is 68.0 Å². The molecule has 1 aromatic carbocycles. The lowest BCUT2D eigenvalue weighted by atomic mass is 10.0. The molecule has 2 heterocycles. The van der Waals surface area contributed by atoms with Gasteiger partial charge in [-0.05, 0) is 31.5 Å². The molecule has 1 aromatic heterocycles. The minimum absolute atomic E-state index is 0.363. The molecule has 20 heavy (non-hydrogen) atoms. The minimum atomic E-state index is 0.363. The van der Waals surface area contributed by atoms with Crippen LogP contribution < -0.4 is 9.47 Å². The lowest BCUT2D eigenvalue weighted by molar-refractivity contribution is 0.171. The molecule has 0 atom stereocenters. The van der Waals surface area contributed by atoms with Crippen LogP contribution in [0.4, 0.5) is 0 Å². The molecule has 3 rings (SSSR count). The minimum Gasteiger partial charge on any atom is -0.486 e. The van der Waals surface area contributed by atoms with Crippen LogP contribution in [0.5, 0.6) is 11.5 Å². The first-order valence-corrected chi connectivity index (χ1v) is 6.34. The summed E-state index contributed by atoms with van der Waals surface area (Å²) in [5.41, 5.74) is 3.04. The third-order valence-corrected chi connectivity index (χ3v) is 3.12. The van der Waals surface area contributed by atoms with Gasteiger partial charge >= 0.3 is 0 Å². The summed E-state index contributed by atoms with van der Waals surface area (Å²) < 4.78 is 11.1. The van der Waals surface area contributed by atoms with Gasteiger partial charge in [0, 0.05) is 11.6 Å². The van der Waals surface area contributed by atoms with E-state index in [1.807, 2.05) is 19.1 Å². The lowest BCUT2D eigenvalue weighted by Crippen LogP contribution is -2.15. The van der Waals surface area contributed by atoms with Crippen LogP contribution in [-0.4, -0.2) is 23.2 Å². The fourth-order valence-corrected chi connectivity index (χ4v) is 2.23. The van der Waals surface area contributed by atoms with Gasteiger partial charge in [0.2, 0.25) is 0 Å². The second-order valence-corrected chi connectivity index (χ2v) is 4.61. The van der Waals surface area contributed by atoms with Crippen LogP contribution >= 0.6 is 0 Å². The monoisotopic (exact) mass is 267 g/mol. The highest BCUT2D eigenvalue weighted by Gasteiger charge is 2.16. The fourth-order valence-electron chi connectivity index (χ4n) is 2.23. The van der Waals surface area contributed by atoms with Gasteiger partial charge < -0.3 is 9.47 Å². The maximum absolute atomic E-state index is 9.01. The second kappa shape index (κ2) is 4.82. The zero-order valence-electron chi connectivity index (χ0n) is 11.3. The summed E-state index contributed by atoms with van der Waals surface area (Å²) in [7, 11) is 0. The van der Waals surface area contributed by atoms with Crippen LogP contribution in [0.15, 0.2) is 18.2 Å². The number of hydrogen-bond donors (Lipinski definition) is 0. The van der Waals surface area contributed by atoms with Gasteiger partial charge in [0.15, 0.2) is 11.5 Å². The first-order valence-electron chi connectivity index (χ1n) is 6.34. The molecular weight excluding hydrogens is 254 g/mol. The molecule has 0 bridgehead atoms. The summed E-state index contributed by atoms with van der Waals surface area (Å²) in [5, 5.41) is 9.01. The van der Waals surface area contributed by atoms with Gasteiger partial charge in [0.25, 0.3) is 0 Å². The molecule has 0 amide bonds. The van der Waals surface area contributed by atoms with Crippen molar-refractivity contribution >= 4 is 0 Å². The molecule has 100 valence electrons. The van der Waals surface area contributed by atoms with Gasteiger partial charge in [0.05, 0.1) is 5.69 Å². The van der Waals surface area contributed by atoms with Crippen molar-refractivity contribution in [2.24, 2.45) is 0 Å². The number of nitrogens with zero attached hydrogens (tertiary/aromatic N) is 3. The van der Waals surface area contributed by atoms with Gasteiger partial charge in [-0.15, -0.1) is 0 Å². The molecule has 5 heteroatoms. The SMILES string of the molecule is Cc1nc(C#N)cc(-c2cc3c(cc2C)OCCO3)n1. The zero-order valence-corrected chi connectivity index (χ0v) is 11.3. The number of aryl methyl sites for hydroxylation is 2. The van der Waals surface area contributed by atoms with E-state index in [0.29, 0.717) is 30.5 Å². The average Bonchev–Trinajstić information content (AvgIpc) is 2.45. The second-order valence-electron chi connectivity index (χ2n) is 4.61. The molecule has 0 radical (unpaired) electrons. The van der Waals surface area contributed by atoms with E-state index in [2.05, 4.69) is 16.0 Å². The number of hydrogen-bond acceptors (Lipinski definition) is 5. The number of fused-ring (bicyclic) bond motifs is 1. The van der Waals surface area contributed by atoms with E-state index in [-0.39, 0.29) is 0 Å². The smallest absolute Gasteiger partial charge is 0.162 e. The van der Waals surface area contributed by atoms with E-state index in [4.69, 9.17) is 14.7 Å². The van der Waals surface area contributed by atoms with Crippen molar-refractivity contribution in [2.75, 3.05) is 13.2 Å². The van der Waals surface area contributed by atoms with Crippen LogP contribution in [0.2, 0.25) is 0 Å². The van der Waals surface area contributed by atoms with E-state index in [9.17, 15) is 0 Å². The van der Waals surface area contributed by atoms with Crippen molar-refractivity contribution in [3.05, 3.63) is 35.3 Å². The van der Waals surface area contributed by atoms with E-state index in [0.717, 1.165) is 22.6 Å². The van der Waals surface area contributed by atoms with E-state index in [1.165, 1.54) is 0 Å². The maximum Gasteiger partial charge on any atom is 0.162 e. The Balaban J connectivity index is 2.15. The van der Waals surface area contributed by atoms with Crippen LogP contribution in [0.25, 0.3) is 11.3 Å². The Morgan fingerprint density at radius 3 is 2.45 bits per heavy atom. The first kappa shape index (κ1) is 12.4. The molecule has 5 nitrogen and oxygen atoms in total. The molecule has 0 N–H and O–H groups in total. The van der Waals surface area contributed by atoms with Gasteiger partial charge in [-0.2, -0.15) is 5.26 Å². The van der Waals surface area contributed by atoms with E-state index >= 15 is 0 Å². The zero-order chi connectivity index (χ0) is 14.1. The third-order valence-electron chi connectivity index (χ3n) is 3.12. The molecule has 0 fully saturated rings. The lowest BCUT2D eigenvalue weighted by Gasteiger charge is -2.20. The Bertz CT molecular complexity index is 720. The van der Waals surface area contributed by atoms with E-state index < -0.39 is 0 Å². The Morgan fingerprint density at radius 1 is 1.05 bits per heavy atom. The molecule has 2 aromatic rings. The standard InChI is InChI=1S/C15H13N3O2/c1-9-5-14-15(20-4-3-19-14)7-12(9)13-6-11(8-16)17-10(2)18-13/h5-7H,3-4H2,1-2H3. The molecule has 0 saturated carbocycles. The van der Waals surface area contributed by atoms with Crippen molar-refractivity contribution < 1.29 is 9.47 Å². The number of ether oxygens (including phenoxy) is 2. The molecular formula is C15H13N3O2. The van der Waals surface area contributed by atoms with Crippen LogP contribution in [-0.2, 0) is 0 Å². The third kappa shape index (κ3) is 2.16. The highest BCUT2D eigenvalue weighted by Crippen LogP contribution is 2.36. The summed E-state index contributed by atoms with van der Waals surface area (Å²) in [6, 6.07) is 7.59. The summed E-state index contributed by atoms with van der Waals surface area (Å²) in [6.45, 7) is 4.87. The molecule has 0 aliphatic carbocycles. The highest BCUT2D eigenvalue weighted by molar-refractivity contribution is 5.69. The Labute approximate surface area is 116 Å². The Kier molecular flexibility index (Phi) is 2.99. The van der Waals surface area contributed by atoms with Gasteiger partial charge in [0.1, 0.15) is 30.8 Å². The Hall–Kier alpha value is -2.61. The van der Waals surface area contributed by atoms with Gasteiger partial charge in [-0.3, -0.25) is 0 Å². The molecule has 1 aliphatic heterocycles. The number of aromatic nitrogens is 2. The summed E-state index contributed by atoms with van der Waals surface area (Å²) in [4.78, 5) is 8.47. The van der Waals surface area contributed by atoms with E-state index in [1.54, 1.807) is 13.0 Å². The normalized spacial score (nSPS) is 12.8. The summed E-state index contributed by atoms with van der Waals surface area (Å²) in [5.74, 6) is 2.05. The van der Waals surface area contributed by atoms with Crippen molar-refractivity contribution in [3.8, 4) is 28.8 Å². The molecule has 1 aliphatic rings. The van der Waals surface area contributed by atoms with Gasteiger partial charge in [-0.25, -0.2) is 9.97 Å². The fraction of sp³-hybridized carbons (Fsp3) is 0.267. The van der Waals surface area contributed by atoms with Crippen molar-refractivity contribution in [1.82, 2.24) is 9.97 Å². The maximum atomic E-state index is 9.01. The largest absolute Gasteiger partial charge is 0.486 e. The van der Waals surface area contributed by atoms with Gasteiger partial charge in [-0.1, -0.05) is 0 Å². The number of benzene rings is 1. The molecule has 0 spiro atoms. The first-order chi connectivity index (χ1) is 9.67. The Morgan fingerprint density at radius 2 is 1.75 bits per heavy atom. The molecule has 0 unspecified atom stereocenters. The van der Waals surface area contributed by atoms with Crippen molar-refractivity contribution in [3.63, 3.8) is 0 Å². The van der Waals surface area contributed by atoms with Crippen LogP contribution in [0.3, 0.4) is 0 Å². The van der Waals surface area contributed by atoms with Crippen molar-refractivity contribution in [1.29, 1.82) is 5.26 Å². The predicted molar refractivity (Wildman–Crippen MR) is 72.6 cm³/mol. The summed E-state index contributed by atoms with van der Waals surface area (Å²) in [6.07, 6.45) is 0. The number of rotatable bonds is 1. The van der Waals surface area contributed by atoms with Crippen LogP contribution in [0.1, 0.15) is 17.1 Å². The summed E-state index contributed by atoms with van der Waals surface area (Å²) >= 11 is 0. The predicted octanol–water partition coefficient (Wildman–Crippen LogP) is 2.40. The number of nitriles is 1. The highest BCUT2D eigenvalue weighted by atomic mass is 16.6. The quantitative estimate of drug-likeness (QED) is 0.793. The van der Waals surface area contributed by atoms with Crippen LogP contribution in [0, 0.1) is 25.2 Å². The van der Waals surface area contributed by atoms with Crippen molar-refractivity contribution in [2.45, 2.75) is 13.8 Å².